The van der Waals surface area contributed by atoms with E-state index in [1.165, 1.54) is 30.2 Å². The van der Waals surface area contributed by atoms with Crippen LogP contribution in [0.5, 0.6) is 0 Å². The first-order chi connectivity index (χ1) is 21.7. The van der Waals surface area contributed by atoms with Gasteiger partial charge in [0.1, 0.15) is 11.7 Å². The highest BCUT2D eigenvalue weighted by Crippen LogP contribution is 2.38. The molecule has 244 valence electrons. The molecule has 1 N–H and O–H groups in total. The zero-order valence-corrected chi connectivity index (χ0v) is 29.7. The average molecular weight is 701 g/mol. The van der Waals surface area contributed by atoms with Crippen molar-refractivity contribution >= 4 is 50.0 Å². The van der Waals surface area contributed by atoms with E-state index in [1.807, 2.05) is 43.5 Å². The highest BCUT2D eigenvalue weighted by atomic mass is 35.5. The topological polar surface area (TPSA) is 93.4 Å². The molecule has 1 fully saturated rings. The molecular weight excluding hydrogens is 663 g/mol. The van der Waals surface area contributed by atoms with Gasteiger partial charge in [0.25, 0.3) is 0 Å². The second-order valence-corrected chi connectivity index (χ2v) is 17.1. The van der Waals surface area contributed by atoms with E-state index in [2.05, 4.69) is 11.6 Å². The Labute approximate surface area is 282 Å². The minimum absolute atomic E-state index is 0.0996. The summed E-state index contributed by atoms with van der Waals surface area (Å²) in [6, 6.07) is 18.5. The van der Waals surface area contributed by atoms with Gasteiger partial charge in [-0.2, -0.15) is 0 Å². The standard InChI is InChI=1S/C34H38ClFN4O3S3/c1-23(38-34(4)18-6-7-19-34)39-45(41)28-15-8-24(30(35)20-28)22-44-32-37-21-31(40(32)27-13-11-26(36)12-14-27)33(2,3)25-9-16-29(17-10-25)46(5,42)43/h8-17,20-21H,6-7,18-19,22H2,1-5H3,(H,38,39). The van der Waals surface area contributed by atoms with E-state index in [0.717, 1.165) is 48.2 Å². The Bertz CT molecular complexity index is 1880. The SMILES string of the molecule is CC(=NC1(C)CCCC1)NS(=O)c1ccc(CSc2ncc(C(C)(C)c3ccc(S(C)(=O)=O)cc3)n2-c2ccc(F)cc2)c(Cl)c1. The second-order valence-electron chi connectivity index (χ2n) is 12.5. The Balaban J connectivity index is 1.38. The first-order valence-corrected chi connectivity index (χ1v) is 19.4. The Hall–Kier alpha value is -2.99. The molecule has 1 aliphatic rings. The molecule has 0 radical (unpaired) electrons. The molecule has 7 nitrogen and oxygen atoms in total. The Morgan fingerprint density at radius 1 is 1.11 bits per heavy atom. The molecule has 0 bridgehead atoms. The van der Waals surface area contributed by atoms with Crippen LogP contribution >= 0.6 is 23.4 Å². The highest BCUT2D eigenvalue weighted by molar-refractivity contribution is 7.98. The number of benzene rings is 3. The Morgan fingerprint density at radius 2 is 1.76 bits per heavy atom. The molecule has 4 aromatic rings. The molecule has 1 atom stereocenters. The lowest BCUT2D eigenvalue weighted by Crippen LogP contribution is -2.28. The summed E-state index contributed by atoms with van der Waals surface area (Å²) < 4.78 is 56.0. The molecule has 46 heavy (non-hydrogen) atoms. The van der Waals surface area contributed by atoms with Gasteiger partial charge in [-0.3, -0.25) is 14.3 Å². The molecule has 0 spiro atoms. The van der Waals surface area contributed by atoms with Crippen LogP contribution in [-0.4, -0.2) is 39.8 Å². The molecule has 1 unspecified atom stereocenters. The smallest absolute Gasteiger partial charge is 0.175 e. The fourth-order valence-electron chi connectivity index (χ4n) is 5.76. The molecule has 1 aliphatic carbocycles. The van der Waals surface area contributed by atoms with Gasteiger partial charge >= 0.3 is 0 Å². The van der Waals surface area contributed by atoms with Crippen LogP contribution in [0, 0.1) is 5.82 Å². The molecule has 1 heterocycles. The van der Waals surface area contributed by atoms with Crippen molar-refractivity contribution in [2.24, 2.45) is 4.99 Å². The van der Waals surface area contributed by atoms with Gasteiger partial charge in [0.05, 0.1) is 27.2 Å². The molecule has 1 saturated carbocycles. The number of nitrogens with one attached hydrogen (secondary N) is 1. The van der Waals surface area contributed by atoms with Crippen molar-refractivity contribution in [1.29, 1.82) is 0 Å². The summed E-state index contributed by atoms with van der Waals surface area (Å²) in [5.41, 5.74) is 2.66. The number of aromatic nitrogens is 2. The molecule has 12 heteroatoms. The summed E-state index contributed by atoms with van der Waals surface area (Å²) in [5, 5.41) is 1.17. The van der Waals surface area contributed by atoms with Crippen LogP contribution < -0.4 is 4.72 Å². The summed E-state index contributed by atoms with van der Waals surface area (Å²) >= 11 is 8.17. The van der Waals surface area contributed by atoms with E-state index < -0.39 is 26.2 Å². The Morgan fingerprint density at radius 3 is 2.37 bits per heavy atom. The quantitative estimate of drug-likeness (QED) is 0.103. The minimum atomic E-state index is -3.33. The van der Waals surface area contributed by atoms with E-state index in [-0.39, 0.29) is 16.3 Å². The van der Waals surface area contributed by atoms with Crippen LogP contribution in [0.15, 0.2) is 92.9 Å². The van der Waals surface area contributed by atoms with E-state index in [4.69, 9.17) is 21.6 Å². The van der Waals surface area contributed by atoms with E-state index >= 15 is 0 Å². The van der Waals surface area contributed by atoms with Crippen molar-refractivity contribution in [2.45, 2.75) is 85.0 Å². The summed E-state index contributed by atoms with van der Waals surface area (Å²) in [5.74, 6) is 0.790. The lowest BCUT2D eigenvalue weighted by Gasteiger charge is -2.27. The predicted octanol–water partition coefficient (Wildman–Crippen LogP) is 8.05. The lowest BCUT2D eigenvalue weighted by atomic mass is 9.81. The molecule has 3 aromatic carbocycles. The number of halogens is 2. The van der Waals surface area contributed by atoms with Gasteiger partial charge in [-0.05, 0) is 86.3 Å². The van der Waals surface area contributed by atoms with Gasteiger partial charge in [0.15, 0.2) is 26.0 Å². The van der Waals surface area contributed by atoms with Crippen LogP contribution in [0.3, 0.4) is 0 Å². The van der Waals surface area contributed by atoms with Crippen molar-refractivity contribution in [3.63, 3.8) is 0 Å². The van der Waals surface area contributed by atoms with Crippen molar-refractivity contribution in [3.8, 4) is 5.69 Å². The third kappa shape index (κ3) is 7.75. The normalized spacial score (nSPS) is 16.0. The second kappa shape index (κ2) is 13.6. The zero-order valence-electron chi connectivity index (χ0n) is 26.5. The maximum atomic E-state index is 13.9. The zero-order chi connectivity index (χ0) is 33.3. The molecule has 0 saturated heterocycles. The largest absolute Gasteiger partial charge is 0.291 e. The number of amidine groups is 1. The van der Waals surface area contributed by atoms with Crippen molar-refractivity contribution in [2.75, 3.05) is 6.26 Å². The van der Waals surface area contributed by atoms with Gasteiger partial charge < -0.3 is 0 Å². The van der Waals surface area contributed by atoms with Crippen LogP contribution in [0.25, 0.3) is 5.69 Å². The molecule has 1 aromatic heterocycles. The fraction of sp³-hybridized carbons (Fsp3) is 0.353. The van der Waals surface area contributed by atoms with Gasteiger partial charge in [0, 0.05) is 28.1 Å². The number of hydrogen-bond acceptors (Lipinski definition) is 6. The maximum Gasteiger partial charge on any atom is 0.175 e. The summed E-state index contributed by atoms with van der Waals surface area (Å²) in [6.45, 7) is 8.06. The first-order valence-electron chi connectivity index (χ1n) is 15.0. The molecule has 5 rings (SSSR count). The van der Waals surface area contributed by atoms with Crippen LogP contribution in [0.4, 0.5) is 4.39 Å². The van der Waals surface area contributed by atoms with E-state index in [0.29, 0.717) is 26.7 Å². The van der Waals surface area contributed by atoms with Crippen molar-refractivity contribution in [3.05, 3.63) is 101 Å². The third-order valence-electron chi connectivity index (χ3n) is 8.41. The van der Waals surface area contributed by atoms with Gasteiger partial charge in [-0.1, -0.05) is 68.3 Å². The van der Waals surface area contributed by atoms with Gasteiger partial charge in [-0.25, -0.2) is 22.0 Å². The third-order valence-corrected chi connectivity index (χ3v) is 12.1. The van der Waals surface area contributed by atoms with Gasteiger partial charge in [-0.15, -0.1) is 0 Å². The monoisotopic (exact) mass is 700 g/mol. The van der Waals surface area contributed by atoms with Gasteiger partial charge in [0.2, 0.25) is 0 Å². The molecule has 0 aliphatic heterocycles. The number of rotatable bonds is 10. The predicted molar refractivity (Wildman–Crippen MR) is 186 cm³/mol. The van der Waals surface area contributed by atoms with Crippen LogP contribution in [-0.2, 0) is 32.0 Å². The number of imidazole rings is 1. The lowest BCUT2D eigenvalue weighted by molar-refractivity contribution is 0.489. The minimum Gasteiger partial charge on any atom is -0.291 e. The average Bonchev–Trinajstić information content (AvgIpc) is 3.63. The van der Waals surface area contributed by atoms with Crippen molar-refractivity contribution < 1.29 is 17.0 Å². The van der Waals surface area contributed by atoms with Crippen LogP contribution in [0.2, 0.25) is 5.02 Å². The number of nitrogens with zero attached hydrogens (tertiary/aromatic N) is 3. The summed E-state index contributed by atoms with van der Waals surface area (Å²) in [6.07, 6.45) is 7.38. The molecule has 0 amide bonds. The number of thioether (sulfide) groups is 1. The fourth-order valence-corrected chi connectivity index (χ4v) is 8.62. The van der Waals surface area contributed by atoms with E-state index in [1.54, 1.807) is 42.6 Å². The number of aliphatic imine (C=N–C) groups is 1. The highest BCUT2D eigenvalue weighted by Gasteiger charge is 2.30. The number of sulfone groups is 1. The molecular formula is C34H38ClFN4O3S3. The summed E-state index contributed by atoms with van der Waals surface area (Å²) in [4.78, 5) is 10.4. The number of hydrogen-bond donors (Lipinski definition) is 1. The Kier molecular flexibility index (Phi) is 10.2. The van der Waals surface area contributed by atoms with Crippen LogP contribution in [0.1, 0.15) is 70.2 Å². The van der Waals surface area contributed by atoms with Crippen molar-refractivity contribution in [1.82, 2.24) is 14.3 Å². The maximum absolute atomic E-state index is 13.9. The van der Waals surface area contributed by atoms with E-state index in [9.17, 15) is 17.0 Å². The summed E-state index contributed by atoms with van der Waals surface area (Å²) in [7, 11) is -4.84. The first kappa shape index (κ1) is 34.3.